The summed E-state index contributed by atoms with van der Waals surface area (Å²) >= 11 is 0. The first kappa shape index (κ1) is 17.4. The molecule has 0 spiro atoms. The summed E-state index contributed by atoms with van der Waals surface area (Å²) < 4.78 is 9.18. The molecule has 1 amide bonds. The number of rotatable bonds is 6. The van der Waals surface area contributed by atoms with Crippen molar-refractivity contribution in [1.29, 1.82) is 0 Å². The predicted octanol–water partition coefficient (Wildman–Crippen LogP) is -0.297. The van der Waals surface area contributed by atoms with E-state index in [0.717, 1.165) is 0 Å². The van der Waals surface area contributed by atoms with E-state index in [1.807, 2.05) is 0 Å². The highest BCUT2D eigenvalue weighted by molar-refractivity contribution is 6.08. The predicted molar refractivity (Wildman–Crippen MR) is 88.9 cm³/mol. The zero-order valence-electron chi connectivity index (χ0n) is 13.8. The van der Waals surface area contributed by atoms with Crippen molar-refractivity contribution in [3.63, 3.8) is 0 Å². The highest BCUT2D eigenvalue weighted by Gasteiger charge is 2.34. The van der Waals surface area contributed by atoms with Crippen LogP contribution in [0.3, 0.4) is 0 Å². The number of carbonyl (C=O) groups is 2. The molecule has 1 aliphatic heterocycles. The summed E-state index contributed by atoms with van der Waals surface area (Å²) in [5, 5.41) is 15.6. The maximum Gasteiger partial charge on any atom is 0.439 e. The fraction of sp³-hybridized carbons (Fsp3) is 0.250. The number of esters is 1. The first-order valence-electron chi connectivity index (χ1n) is 7.68. The number of benzene rings is 1. The van der Waals surface area contributed by atoms with Gasteiger partial charge in [0, 0.05) is 17.8 Å². The summed E-state index contributed by atoms with van der Waals surface area (Å²) in [7, 11) is 1.24. The van der Waals surface area contributed by atoms with Gasteiger partial charge in [0.25, 0.3) is 5.91 Å². The molecule has 10 nitrogen and oxygen atoms in total. The second-order valence-corrected chi connectivity index (χ2v) is 5.44. The highest BCUT2D eigenvalue weighted by atomic mass is 16.5. The Morgan fingerprint density at radius 1 is 1.38 bits per heavy atom. The number of aromatic nitrogens is 2. The number of aliphatic hydroxyl groups is 1. The molecule has 1 aliphatic rings. The molecule has 0 bridgehead atoms. The van der Waals surface area contributed by atoms with Crippen LogP contribution in [0, 0.1) is 0 Å². The van der Waals surface area contributed by atoms with Crippen LogP contribution in [0.15, 0.2) is 44.9 Å². The largest absolute Gasteiger partial charge is 0.466 e. The van der Waals surface area contributed by atoms with E-state index < -0.39 is 17.6 Å². The maximum absolute atomic E-state index is 12.4. The Morgan fingerprint density at radius 2 is 2.12 bits per heavy atom. The number of aliphatic hydroxyl groups excluding tert-OH is 1. The molecule has 0 saturated carbocycles. The van der Waals surface area contributed by atoms with Crippen molar-refractivity contribution in [2.45, 2.75) is 0 Å². The number of ether oxygens (including phenoxy) is 1. The zero-order chi connectivity index (χ0) is 18.7. The average molecular weight is 360 g/mol. The standard InChI is InChI=1S/C16H16N4O6/c1-25-15(23)11-8-20(6-7-21)14(22)12(11)17-10-4-2-9(3-5-10)13-18-16(24)26-19-13/h2-5,17,21H,6-8H2,1H3,(H,18,19,24). The number of carbonyl (C=O) groups excluding carboxylic acids is 2. The van der Waals surface area contributed by atoms with Gasteiger partial charge in [0.1, 0.15) is 5.70 Å². The van der Waals surface area contributed by atoms with Gasteiger partial charge < -0.3 is 20.1 Å². The second-order valence-electron chi connectivity index (χ2n) is 5.44. The number of hydrogen-bond acceptors (Lipinski definition) is 8. The van der Waals surface area contributed by atoms with Crippen LogP contribution in [0.1, 0.15) is 0 Å². The summed E-state index contributed by atoms with van der Waals surface area (Å²) in [6, 6.07) is 6.65. The molecule has 26 heavy (non-hydrogen) atoms. The van der Waals surface area contributed by atoms with Crippen LogP contribution in [-0.2, 0) is 14.3 Å². The van der Waals surface area contributed by atoms with Crippen molar-refractivity contribution in [3.05, 3.63) is 46.1 Å². The summed E-state index contributed by atoms with van der Waals surface area (Å²) in [5.74, 6) is -1.39. The van der Waals surface area contributed by atoms with E-state index in [0.29, 0.717) is 11.3 Å². The Morgan fingerprint density at radius 3 is 2.69 bits per heavy atom. The van der Waals surface area contributed by atoms with Crippen LogP contribution >= 0.6 is 0 Å². The Balaban J connectivity index is 1.84. The van der Waals surface area contributed by atoms with Crippen molar-refractivity contribution >= 4 is 17.6 Å². The molecule has 3 rings (SSSR count). The third-order valence-electron chi connectivity index (χ3n) is 3.82. The molecule has 10 heteroatoms. The Labute approximate surface area is 147 Å². The molecule has 0 atom stereocenters. The van der Waals surface area contributed by atoms with Crippen LogP contribution < -0.4 is 11.1 Å². The third kappa shape index (κ3) is 3.35. The minimum absolute atomic E-state index is 0.0622. The van der Waals surface area contributed by atoms with Gasteiger partial charge in [-0.15, -0.1) is 0 Å². The smallest absolute Gasteiger partial charge is 0.439 e. The van der Waals surface area contributed by atoms with Gasteiger partial charge in [-0.2, -0.15) is 0 Å². The van der Waals surface area contributed by atoms with Gasteiger partial charge in [-0.1, -0.05) is 5.16 Å². The van der Waals surface area contributed by atoms with Crippen LogP contribution in [-0.4, -0.2) is 58.8 Å². The lowest BCUT2D eigenvalue weighted by molar-refractivity contribution is -0.136. The van der Waals surface area contributed by atoms with Gasteiger partial charge in [-0.05, 0) is 24.3 Å². The lowest BCUT2D eigenvalue weighted by Crippen LogP contribution is -2.31. The molecule has 0 aliphatic carbocycles. The number of methoxy groups -OCH3 is 1. The van der Waals surface area contributed by atoms with E-state index in [1.165, 1.54) is 12.0 Å². The topological polar surface area (TPSA) is 138 Å². The molecule has 2 heterocycles. The summed E-state index contributed by atoms with van der Waals surface area (Å²) in [6.45, 7) is -0.0340. The highest BCUT2D eigenvalue weighted by Crippen LogP contribution is 2.24. The van der Waals surface area contributed by atoms with Crippen LogP contribution in [0.5, 0.6) is 0 Å². The minimum Gasteiger partial charge on any atom is -0.466 e. The normalized spacial score (nSPS) is 14.1. The van der Waals surface area contributed by atoms with Gasteiger partial charge in [0.15, 0.2) is 5.82 Å². The molecule has 3 N–H and O–H groups in total. The van der Waals surface area contributed by atoms with Crippen molar-refractivity contribution < 1.29 is 24.0 Å². The molecule has 2 aromatic rings. The Kier molecular flexibility index (Phi) is 4.85. The molecule has 1 aromatic carbocycles. The maximum atomic E-state index is 12.4. The van der Waals surface area contributed by atoms with E-state index in [1.54, 1.807) is 24.3 Å². The number of anilines is 1. The molecule has 0 saturated heterocycles. The number of β-amino-alcohol motifs (C(OH)–C–C–N with tert-alkyl or cyclic N) is 1. The minimum atomic E-state index is -0.657. The van der Waals surface area contributed by atoms with Crippen molar-refractivity contribution in [2.75, 3.05) is 32.1 Å². The van der Waals surface area contributed by atoms with Gasteiger partial charge in [0.05, 0.1) is 25.8 Å². The van der Waals surface area contributed by atoms with Crippen LogP contribution in [0.2, 0.25) is 0 Å². The van der Waals surface area contributed by atoms with Crippen molar-refractivity contribution in [3.8, 4) is 11.4 Å². The fourth-order valence-corrected chi connectivity index (χ4v) is 2.56. The molecule has 0 fully saturated rings. The number of H-pyrrole nitrogens is 1. The molecule has 0 unspecified atom stereocenters. The van der Waals surface area contributed by atoms with Gasteiger partial charge >= 0.3 is 11.7 Å². The summed E-state index contributed by atoms with van der Waals surface area (Å²) in [6.07, 6.45) is 0. The van der Waals surface area contributed by atoms with Crippen molar-refractivity contribution in [2.24, 2.45) is 0 Å². The van der Waals surface area contributed by atoms with Crippen LogP contribution in [0.25, 0.3) is 11.4 Å². The number of hydrogen-bond donors (Lipinski definition) is 3. The number of nitrogens with zero attached hydrogens (tertiary/aromatic N) is 2. The molecule has 1 aromatic heterocycles. The average Bonchev–Trinajstić information content (AvgIpc) is 3.21. The lowest BCUT2D eigenvalue weighted by atomic mass is 10.2. The Hall–Kier alpha value is -3.40. The van der Waals surface area contributed by atoms with E-state index in [4.69, 9.17) is 9.84 Å². The monoisotopic (exact) mass is 360 g/mol. The molecular weight excluding hydrogens is 344 g/mol. The number of aromatic amines is 1. The summed E-state index contributed by atoms with van der Waals surface area (Å²) in [4.78, 5) is 39.2. The fourth-order valence-electron chi connectivity index (χ4n) is 2.56. The lowest BCUT2D eigenvalue weighted by Gasteiger charge is -2.15. The van der Waals surface area contributed by atoms with E-state index in [2.05, 4.69) is 20.0 Å². The second kappa shape index (κ2) is 7.23. The zero-order valence-corrected chi connectivity index (χ0v) is 13.8. The van der Waals surface area contributed by atoms with E-state index in [-0.39, 0.29) is 36.8 Å². The third-order valence-corrected chi connectivity index (χ3v) is 3.82. The van der Waals surface area contributed by atoms with Gasteiger partial charge in [0.2, 0.25) is 0 Å². The Bertz CT molecular complexity index is 911. The van der Waals surface area contributed by atoms with Gasteiger partial charge in [-0.3, -0.25) is 14.3 Å². The van der Waals surface area contributed by atoms with Gasteiger partial charge in [-0.25, -0.2) is 9.59 Å². The van der Waals surface area contributed by atoms with Crippen molar-refractivity contribution in [1.82, 2.24) is 15.0 Å². The summed E-state index contributed by atoms with van der Waals surface area (Å²) in [5.41, 5.74) is 1.46. The van der Waals surface area contributed by atoms with E-state index in [9.17, 15) is 14.4 Å². The quantitative estimate of drug-likeness (QED) is 0.597. The number of nitrogens with one attached hydrogen (secondary N) is 2. The molecule has 136 valence electrons. The van der Waals surface area contributed by atoms with Crippen LogP contribution in [0.4, 0.5) is 5.69 Å². The first-order chi connectivity index (χ1) is 12.5. The molecular formula is C16H16N4O6. The first-order valence-corrected chi connectivity index (χ1v) is 7.68. The SMILES string of the molecule is COC(=O)C1=C(Nc2ccc(-c3noc(=O)[nH]3)cc2)C(=O)N(CCO)C1. The number of amides is 1. The molecule has 0 radical (unpaired) electrons. The van der Waals surface area contributed by atoms with E-state index >= 15 is 0 Å².